The zero-order chi connectivity index (χ0) is 37.8. The fourth-order valence-corrected chi connectivity index (χ4v) is 7.58. The predicted molar refractivity (Wildman–Crippen MR) is 211 cm³/mol. The van der Waals surface area contributed by atoms with Crippen molar-refractivity contribution in [2.75, 3.05) is 77.1 Å². The highest BCUT2D eigenvalue weighted by Crippen LogP contribution is 2.32. The van der Waals surface area contributed by atoms with E-state index in [1.54, 1.807) is 12.1 Å². The van der Waals surface area contributed by atoms with Gasteiger partial charge in [0.15, 0.2) is 0 Å². The van der Waals surface area contributed by atoms with Crippen molar-refractivity contribution in [3.63, 3.8) is 0 Å². The minimum absolute atomic E-state index is 0.0443. The van der Waals surface area contributed by atoms with E-state index in [9.17, 15) is 19.8 Å². The molecule has 1 amide bonds. The van der Waals surface area contributed by atoms with E-state index in [-0.39, 0.29) is 29.4 Å². The molecule has 12 nitrogen and oxygen atoms in total. The number of morpholine rings is 1. The maximum Gasteiger partial charge on any atom is 0.248 e. The van der Waals surface area contributed by atoms with Crippen LogP contribution in [0.3, 0.4) is 0 Å². The van der Waals surface area contributed by atoms with Crippen LogP contribution in [0.15, 0.2) is 77.7 Å². The third kappa shape index (κ3) is 10.7. The predicted octanol–water partition coefficient (Wildman–Crippen LogP) is 4.40. The summed E-state index contributed by atoms with van der Waals surface area (Å²) >= 11 is 0. The average molecular weight is 741 g/mol. The number of ether oxygens (including phenoxy) is 2. The molecule has 0 unspecified atom stereocenters. The average Bonchev–Trinajstić information content (AvgIpc) is 3.19. The molecule has 1 spiro atoms. The highest BCUT2D eigenvalue weighted by atomic mass is 16.5. The largest absolute Gasteiger partial charge is 0.506 e. The summed E-state index contributed by atoms with van der Waals surface area (Å²) in [4.78, 5) is 38.8. The number of likely N-dealkylation sites (tertiary alicyclic amines) is 1. The molecule has 4 aromatic rings. The molecule has 0 saturated carbocycles. The van der Waals surface area contributed by atoms with E-state index in [2.05, 4.69) is 62.3 Å². The number of carbonyl (C=O) groups excluding carboxylic acids is 1. The van der Waals surface area contributed by atoms with Gasteiger partial charge >= 0.3 is 0 Å². The van der Waals surface area contributed by atoms with Gasteiger partial charge in [-0.1, -0.05) is 49.7 Å². The lowest BCUT2D eigenvalue weighted by Gasteiger charge is -2.47. The van der Waals surface area contributed by atoms with Crippen molar-refractivity contribution >= 4 is 22.6 Å². The fourth-order valence-electron chi connectivity index (χ4n) is 7.58. The minimum Gasteiger partial charge on any atom is -0.506 e. The molecular weight excluding hydrogens is 684 g/mol. The standard InChI is InChI=1S/C42H56N6O6/c1-2-3-20-47(23-19-43-29-37(50)34-10-12-36(49)41-35(34)11-13-39(51)45-41)40(52)15-26-53-25-14-32-7-6-8-33(28-32)30-46-21-16-42(17-22-46)31-48(24-27-54-42)38-9-4-5-18-44-38/h4-13,18,28,37,43,49-50H,2-3,14-17,19-27,29-31H2,1H3,(H,45,51)/t37-/m0/s1. The normalized spacial score (nSPS) is 16.5. The number of anilines is 1. The molecule has 2 aromatic carbocycles. The second kappa shape index (κ2) is 19.3. The number of aliphatic hydroxyl groups excluding tert-OH is 1. The summed E-state index contributed by atoms with van der Waals surface area (Å²) in [5.74, 6) is 1.05. The second-order valence-electron chi connectivity index (χ2n) is 14.6. The van der Waals surface area contributed by atoms with Crippen LogP contribution in [0.4, 0.5) is 5.82 Å². The van der Waals surface area contributed by atoms with Gasteiger partial charge in [-0.05, 0) is 66.6 Å². The molecule has 0 aliphatic carbocycles. The van der Waals surface area contributed by atoms with E-state index < -0.39 is 6.10 Å². The molecule has 1 atom stereocenters. The number of benzene rings is 2. The van der Waals surface area contributed by atoms with Gasteiger partial charge in [0.05, 0.1) is 43.5 Å². The number of hydrogen-bond donors (Lipinski definition) is 4. The number of phenolic OH excluding ortho intramolecular Hbond substituents is 1. The Hall–Kier alpha value is -4.33. The molecule has 12 heteroatoms. The van der Waals surface area contributed by atoms with Crippen molar-refractivity contribution < 1.29 is 24.5 Å². The summed E-state index contributed by atoms with van der Waals surface area (Å²) < 4.78 is 12.3. The monoisotopic (exact) mass is 740 g/mol. The van der Waals surface area contributed by atoms with Gasteiger partial charge in [0.2, 0.25) is 11.5 Å². The molecule has 2 aliphatic rings. The molecule has 4 heterocycles. The molecule has 290 valence electrons. The molecule has 54 heavy (non-hydrogen) atoms. The summed E-state index contributed by atoms with van der Waals surface area (Å²) in [5.41, 5.74) is 3.03. The number of nitrogens with one attached hydrogen (secondary N) is 2. The van der Waals surface area contributed by atoms with Gasteiger partial charge in [0.25, 0.3) is 0 Å². The molecule has 2 fully saturated rings. The quantitative estimate of drug-likeness (QED) is 0.109. The lowest BCUT2D eigenvalue weighted by Crippen LogP contribution is -2.57. The minimum atomic E-state index is -0.855. The molecule has 0 bridgehead atoms. The number of amides is 1. The Morgan fingerprint density at radius 1 is 1.06 bits per heavy atom. The number of pyridine rings is 2. The van der Waals surface area contributed by atoms with Crippen LogP contribution < -0.4 is 15.8 Å². The van der Waals surface area contributed by atoms with Gasteiger partial charge in [0.1, 0.15) is 11.6 Å². The number of unbranched alkanes of at least 4 members (excludes halogenated alkanes) is 1. The van der Waals surface area contributed by atoms with Crippen LogP contribution in [0.25, 0.3) is 10.9 Å². The maximum absolute atomic E-state index is 13.2. The van der Waals surface area contributed by atoms with Crippen LogP contribution in [-0.2, 0) is 27.2 Å². The first-order valence-corrected chi connectivity index (χ1v) is 19.5. The van der Waals surface area contributed by atoms with Gasteiger partial charge in [0, 0.05) is 76.6 Å². The van der Waals surface area contributed by atoms with Gasteiger partial charge in [-0.25, -0.2) is 4.98 Å². The van der Waals surface area contributed by atoms with E-state index in [1.165, 1.54) is 23.3 Å². The van der Waals surface area contributed by atoms with E-state index in [4.69, 9.17) is 9.47 Å². The maximum atomic E-state index is 13.2. The van der Waals surface area contributed by atoms with Gasteiger partial charge in [-0.2, -0.15) is 0 Å². The third-order valence-corrected chi connectivity index (χ3v) is 10.7. The zero-order valence-electron chi connectivity index (χ0n) is 31.5. The summed E-state index contributed by atoms with van der Waals surface area (Å²) in [5, 5.41) is 24.9. The highest BCUT2D eigenvalue weighted by molar-refractivity contribution is 5.87. The second-order valence-corrected chi connectivity index (χ2v) is 14.6. The Morgan fingerprint density at radius 2 is 1.91 bits per heavy atom. The number of aliphatic hydroxyl groups is 1. The zero-order valence-corrected chi connectivity index (χ0v) is 31.5. The Bertz CT molecular complexity index is 1850. The first kappa shape index (κ1) is 39.4. The molecular formula is C42H56N6O6. The molecule has 0 radical (unpaired) electrons. The van der Waals surface area contributed by atoms with Crippen LogP contribution >= 0.6 is 0 Å². The van der Waals surface area contributed by atoms with Crippen molar-refractivity contribution in [1.82, 2.24) is 25.1 Å². The summed E-state index contributed by atoms with van der Waals surface area (Å²) in [7, 11) is 0. The van der Waals surface area contributed by atoms with E-state index >= 15 is 0 Å². The number of hydrogen-bond acceptors (Lipinski definition) is 10. The Balaban J connectivity index is 0.886. The first-order chi connectivity index (χ1) is 26.3. The topological polar surface area (TPSA) is 143 Å². The van der Waals surface area contributed by atoms with Crippen LogP contribution in [0.2, 0.25) is 0 Å². The van der Waals surface area contributed by atoms with Crippen molar-refractivity contribution in [2.45, 2.75) is 63.7 Å². The third-order valence-electron chi connectivity index (χ3n) is 10.7. The number of piperidine rings is 1. The Morgan fingerprint density at radius 3 is 2.72 bits per heavy atom. The van der Waals surface area contributed by atoms with Gasteiger partial charge < -0.3 is 39.8 Å². The number of aromatic amines is 1. The fraction of sp³-hybridized carbons (Fsp3) is 0.500. The van der Waals surface area contributed by atoms with Crippen molar-refractivity contribution in [1.29, 1.82) is 0 Å². The van der Waals surface area contributed by atoms with Gasteiger partial charge in [-0.15, -0.1) is 0 Å². The first-order valence-electron chi connectivity index (χ1n) is 19.5. The highest BCUT2D eigenvalue weighted by Gasteiger charge is 2.40. The van der Waals surface area contributed by atoms with Crippen LogP contribution in [0, 0.1) is 0 Å². The smallest absolute Gasteiger partial charge is 0.248 e. The number of rotatable bonds is 18. The van der Waals surface area contributed by atoms with E-state index in [0.717, 1.165) is 77.3 Å². The lowest BCUT2D eigenvalue weighted by molar-refractivity contribution is -0.132. The molecule has 2 aliphatic heterocycles. The Kier molecular flexibility index (Phi) is 14.1. The van der Waals surface area contributed by atoms with Gasteiger partial charge in [-0.3, -0.25) is 14.5 Å². The van der Waals surface area contributed by atoms with Crippen molar-refractivity contribution in [3.05, 3.63) is 100.0 Å². The number of H-pyrrole nitrogens is 1. The van der Waals surface area contributed by atoms with Crippen LogP contribution in [0.1, 0.15) is 61.8 Å². The molecule has 2 saturated heterocycles. The number of aromatic hydroxyl groups is 1. The van der Waals surface area contributed by atoms with Crippen LogP contribution in [-0.4, -0.2) is 114 Å². The molecule has 4 N–H and O–H groups in total. The van der Waals surface area contributed by atoms with Crippen molar-refractivity contribution in [3.8, 4) is 5.75 Å². The lowest BCUT2D eigenvalue weighted by atomic mass is 9.89. The number of nitrogens with zero attached hydrogens (tertiary/aromatic N) is 4. The van der Waals surface area contributed by atoms with Crippen molar-refractivity contribution in [2.24, 2.45) is 0 Å². The number of carbonyl (C=O) groups is 1. The summed E-state index contributed by atoms with van der Waals surface area (Å²) in [6.07, 6.45) is 6.05. The number of phenols is 1. The summed E-state index contributed by atoms with van der Waals surface area (Å²) in [6.45, 7) is 10.5. The SMILES string of the molecule is CCCCN(CCNC[C@H](O)c1ccc(O)c2[nH]c(=O)ccc12)C(=O)CCOCCc1cccc(CN2CCC3(CC2)CN(c2ccccn2)CCO3)c1. The summed E-state index contributed by atoms with van der Waals surface area (Å²) in [6, 6.07) is 20.9. The molecule has 6 rings (SSSR count). The van der Waals surface area contributed by atoms with E-state index in [1.807, 2.05) is 23.2 Å². The number of fused-ring (bicyclic) bond motifs is 1. The van der Waals surface area contributed by atoms with Crippen LogP contribution in [0.5, 0.6) is 5.75 Å². The molecule has 2 aromatic heterocycles. The Labute approximate surface area is 318 Å². The number of aromatic nitrogens is 2. The van der Waals surface area contributed by atoms with E-state index in [0.29, 0.717) is 55.7 Å².